The molecule has 2 heteroatoms. The summed E-state index contributed by atoms with van der Waals surface area (Å²) in [7, 11) is 0. The number of phenols is 1. The first-order valence-corrected chi connectivity index (χ1v) is 6.02. The smallest absolute Gasteiger partial charge is 0.123 e. The monoisotopic (exact) mass is 217 g/mol. The number of phenolic OH excluding ortho intramolecular Hbond substituents is 1. The largest absolute Gasteiger partial charge is 0.507 e. The minimum absolute atomic E-state index is 0.380. The van der Waals surface area contributed by atoms with E-state index in [2.05, 4.69) is 6.07 Å². The maximum atomic E-state index is 9.89. The second kappa shape index (κ2) is 5.17. The number of nitrogens with two attached hydrogens (primary N) is 1. The summed E-state index contributed by atoms with van der Waals surface area (Å²) >= 11 is 0. The zero-order chi connectivity index (χ0) is 11.4. The normalized spacial score (nSPS) is 16.1. The molecule has 0 unspecified atom stereocenters. The van der Waals surface area contributed by atoms with E-state index >= 15 is 0 Å². The Morgan fingerprint density at radius 3 is 2.50 bits per heavy atom. The molecule has 16 heavy (non-hydrogen) atoms. The summed E-state index contributed by atoms with van der Waals surface area (Å²) in [6.45, 7) is 0.510. The third kappa shape index (κ3) is 2.45. The van der Waals surface area contributed by atoms with Crippen molar-refractivity contribution in [1.29, 1.82) is 0 Å². The van der Waals surface area contributed by atoms with Gasteiger partial charge in [0.15, 0.2) is 0 Å². The fraction of sp³-hybridized carbons (Fsp3) is 0.429. The SMILES string of the molecule is NC/C=C/c1cc2c(cc1O)CCCCC2. The van der Waals surface area contributed by atoms with Gasteiger partial charge in [-0.1, -0.05) is 18.6 Å². The first-order chi connectivity index (χ1) is 7.81. The van der Waals surface area contributed by atoms with Crippen LogP contribution in [0.25, 0.3) is 6.08 Å². The van der Waals surface area contributed by atoms with Gasteiger partial charge in [0.2, 0.25) is 0 Å². The van der Waals surface area contributed by atoms with Crippen LogP contribution in [-0.2, 0) is 12.8 Å². The number of aryl methyl sites for hydroxylation is 2. The van der Waals surface area contributed by atoms with E-state index in [1.54, 1.807) is 0 Å². The van der Waals surface area contributed by atoms with Gasteiger partial charge in [-0.15, -0.1) is 0 Å². The van der Waals surface area contributed by atoms with Gasteiger partial charge in [0, 0.05) is 12.1 Å². The average Bonchev–Trinajstić information content (AvgIpc) is 2.50. The molecule has 86 valence electrons. The molecule has 2 rings (SSSR count). The Kier molecular flexibility index (Phi) is 3.62. The van der Waals surface area contributed by atoms with Crippen molar-refractivity contribution in [2.75, 3.05) is 6.54 Å². The van der Waals surface area contributed by atoms with Crippen molar-refractivity contribution >= 4 is 6.08 Å². The quantitative estimate of drug-likeness (QED) is 0.748. The summed E-state index contributed by atoms with van der Waals surface area (Å²) in [6.07, 6.45) is 9.81. The minimum atomic E-state index is 0.380. The zero-order valence-electron chi connectivity index (χ0n) is 9.58. The molecule has 0 saturated heterocycles. The van der Waals surface area contributed by atoms with Gasteiger partial charge in [-0.3, -0.25) is 0 Å². The van der Waals surface area contributed by atoms with Crippen molar-refractivity contribution in [2.24, 2.45) is 5.73 Å². The standard InChI is InChI=1S/C14H19NO/c15-8-4-7-13-9-11-5-2-1-3-6-12(11)10-14(13)16/h4,7,9-10,16H,1-3,5-6,8,15H2/b7-4+. The van der Waals surface area contributed by atoms with Gasteiger partial charge in [-0.25, -0.2) is 0 Å². The molecule has 0 aliphatic heterocycles. The molecule has 0 heterocycles. The fourth-order valence-corrected chi connectivity index (χ4v) is 2.30. The summed E-state index contributed by atoms with van der Waals surface area (Å²) in [4.78, 5) is 0. The van der Waals surface area contributed by atoms with Crippen LogP contribution in [0.3, 0.4) is 0 Å². The lowest BCUT2D eigenvalue weighted by atomic mass is 9.99. The number of hydrogen-bond donors (Lipinski definition) is 2. The first-order valence-electron chi connectivity index (χ1n) is 6.02. The predicted octanol–water partition coefficient (Wildman–Crippen LogP) is 2.63. The van der Waals surface area contributed by atoms with Crippen LogP contribution >= 0.6 is 0 Å². The minimum Gasteiger partial charge on any atom is -0.507 e. The number of benzene rings is 1. The molecule has 3 N–H and O–H groups in total. The Balaban J connectivity index is 2.35. The number of rotatable bonds is 2. The number of fused-ring (bicyclic) bond motifs is 1. The molecule has 0 aromatic heterocycles. The molecule has 0 saturated carbocycles. The van der Waals surface area contributed by atoms with Crippen molar-refractivity contribution in [3.05, 3.63) is 34.9 Å². The van der Waals surface area contributed by atoms with E-state index in [0.29, 0.717) is 12.3 Å². The Bertz CT molecular complexity index is 396. The third-order valence-corrected chi connectivity index (χ3v) is 3.17. The van der Waals surface area contributed by atoms with Crippen LogP contribution in [0, 0.1) is 0 Å². The molecule has 0 radical (unpaired) electrons. The van der Waals surface area contributed by atoms with Crippen LogP contribution in [0.4, 0.5) is 0 Å². The molecule has 1 aromatic carbocycles. The highest BCUT2D eigenvalue weighted by molar-refractivity contribution is 5.59. The fourth-order valence-electron chi connectivity index (χ4n) is 2.30. The van der Waals surface area contributed by atoms with E-state index in [0.717, 1.165) is 18.4 Å². The highest BCUT2D eigenvalue weighted by Crippen LogP contribution is 2.28. The molecule has 1 aliphatic carbocycles. The Labute approximate surface area is 96.8 Å². The van der Waals surface area contributed by atoms with E-state index in [1.165, 1.54) is 30.4 Å². The predicted molar refractivity (Wildman–Crippen MR) is 67.5 cm³/mol. The Morgan fingerprint density at radius 1 is 1.12 bits per heavy atom. The first kappa shape index (κ1) is 11.2. The maximum absolute atomic E-state index is 9.89. The lowest BCUT2D eigenvalue weighted by Gasteiger charge is -2.09. The van der Waals surface area contributed by atoms with Crippen LogP contribution in [0.15, 0.2) is 18.2 Å². The summed E-state index contributed by atoms with van der Waals surface area (Å²) < 4.78 is 0. The molecule has 0 bridgehead atoms. The zero-order valence-corrected chi connectivity index (χ0v) is 9.58. The Hall–Kier alpha value is -1.28. The second-order valence-corrected chi connectivity index (χ2v) is 4.38. The molecule has 1 aromatic rings. The highest BCUT2D eigenvalue weighted by atomic mass is 16.3. The van der Waals surface area contributed by atoms with Gasteiger partial charge >= 0.3 is 0 Å². The van der Waals surface area contributed by atoms with Gasteiger partial charge in [-0.2, -0.15) is 0 Å². The molecule has 0 fully saturated rings. The van der Waals surface area contributed by atoms with Gasteiger partial charge in [0.1, 0.15) is 5.75 Å². The van der Waals surface area contributed by atoms with E-state index < -0.39 is 0 Å². The van der Waals surface area contributed by atoms with E-state index in [-0.39, 0.29) is 0 Å². The molecule has 1 aliphatic rings. The van der Waals surface area contributed by atoms with Crippen LogP contribution in [0.5, 0.6) is 5.75 Å². The van der Waals surface area contributed by atoms with Crippen molar-refractivity contribution in [3.63, 3.8) is 0 Å². The highest BCUT2D eigenvalue weighted by Gasteiger charge is 2.10. The van der Waals surface area contributed by atoms with Gasteiger partial charge < -0.3 is 10.8 Å². The van der Waals surface area contributed by atoms with E-state index in [4.69, 9.17) is 5.73 Å². The van der Waals surface area contributed by atoms with Crippen LogP contribution in [0.2, 0.25) is 0 Å². The van der Waals surface area contributed by atoms with Crippen molar-refractivity contribution in [1.82, 2.24) is 0 Å². The van der Waals surface area contributed by atoms with Crippen LogP contribution in [0.1, 0.15) is 36.0 Å². The summed E-state index contributed by atoms with van der Waals surface area (Å²) in [5.41, 5.74) is 9.03. The van der Waals surface area contributed by atoms with E-state index in [9.17, 15) is 5.11 Å². The molecule has 0 atom stereocenters. The molecule has 0 amide bonds. The van der Waals surface area contributed by atoms with Crippen molar-refractivity contribution < 1.29 is 5.11 Å². The summed E-state index contributed by atoms with van der Waals surface area (Å²) in [6, 6.07) is 4.04. The van der Waals surface area contributed by atoms with Crippen molar-refractivity contribution in [3.8, 4) is 5.75 Å². The molecule has 0 spiro atoms. The lowest BCUT2D eigenvalue weighted by molar-refractivity contribution is 0.473. The lowest BCUT2D eigenvalue weighted by Crippen LogP contribution is -1.94. The van der Waals surface area contributed by atoms with Crippen LogP contribution in [-0.4, -0.2) is 11.7 Å². The number of hydrogen-bond acceptors (Lipinski definition) is 2. The second-order valence-electron chi connectivity index (χ2n) is 4.38. The summed E-state index contributed by atoms with van der Waals surface area (Å²) in [5.74, 6) is 0.380. The van der Waals surface area contributed by atoms with E-state index in [1.807, 2.05) is 18.2 Å². The molecular weight excluding hydrogens is 198 g/mol. The van der Waals surface area contributed by atoms with Gasteiger partial charge in [0.25, 0.3) is 0 Å². The van der Waals surface area contributed by atoms with Gasteiger partial charge in [-0.05, 0) is 48.9 Å². The topological polar surface area (TPSA) is 46.2 Å². The maximum Gasteiger partial charge on any atom is 0.123 e. The Morgan fingerprint density at radius 2 is 1.81 bits per heavy atom. The van der Waals surface area contributed by atoms with Crippen LogP contribution < -0.4 is 5.73 Å². The summed E-state index contributed by atoms with van der Waals surface area (Å²) in [5, 5.41) is 9.89. The van der Waals surface area contributed by atoms with Gasteiger partial charge in [0.05, 0.1) is 0 Å². The number of aromatic hydroxyl groups is 1. The van der Waals surface area contributed by atoms with Crippen molar-refractivity contribution in [2.45, 2.75) is 32.1 Å². The molecular formula is C14H19NO. The average molecular weight is 217 g/mol. The third-order valence-electron chi connectivity index (χ3n) is 3.17. The molecule has 2 nitrogen and oxygen atoms in total.